The van der Waals surface area contributed by atoms with Crippen molar-refractivity contribution in [2.45, 2.75) is 45.1 Å². The molecule has 1 atom stereocenters. The first kappa shape index (κ1) is 11.2. The van der Waals surface area contributed by atoms with E-state index in [0.717, 1.165) is 42.9 Å². The fraction of sp³-hybridized carbons (Fsp3) is 0.692. The minimum Gasteiger partial charge on any atom is -0.333 e. The standard InChI is InChI=1S/C13H18N2OS/c1-9-8-17-12(14-9)11-6-3-7-15(11)13(16)10-4-2-5-10/h8,10-11H,2-7H2,1H3. The maximum Gasteiger partial charge on any atom is 0.226 e. The smallest absolute Gasteiger partial charge is 0.226 e. The average Bonchev–Trinajstić information content (AvgIpc) is 2.81. The molecule has 3 rings (SSSR count). The Morgan fingerprint density at radius 2 is 2.24 bits per heavy atom. The molecular weight excluding hydrogens is 232 g/mol. The molecule has 1 aromatic rings. The molecule has 1 saturated carbocycles. The van der Waals surface area contributed by atoms with Gasteiger partial charge in [0, 0.05) is 23.5 Å². The number of hydrogen-bond donors (Lipinski definition) is 0. The molecule has 1 aliphatic carbocycles. The van der Waals surface area contributed by atoms with Crippen LogP contribution in [0.5, 0.6) is 0 Å². The molecule has 4 heteroatoms. The molecule has 17 heavy (non-hydrogen) atoms. The molecule has 2 aliphatic rings. The first-order valence-electron chi connectivity index (χ1n) is 6.48. The molecule has 2 fully saturated rings. The fourth-order valence-corrected chi connectivity index (χ4v) is 3.65. The molecule has 1 unspecified atom stereocenters. The Labute approximate surface area is 106 Å². The van der Waals surface area contributed by atoms with Gasteiger partial charge in [0.25, 0.3) is 0 Å². The largest absolute Gasteiger partial charge is 0.333 e. The van der Waals surface area contributed by atoms with Gasteiger partial charge in [-0.15, -0.1) is 11.3 Å². The molecule has 92 valence electrons. The minimum absolute atomic E-state index is 0.266. The summed E-state index contributed by atoms with van der Waals surface area (Å²) in [4.78, 5) is 19.0. The van der Waals surface area contributed by atoms with Gasteiger partial charge in [-0.2, -0.15) is 0 Å². The lowest BCUT2D eigenvalue weighted by Crippen LogP contribution is -2.38. The summed E-state index contributed by atoms with van der Waals surface area (Å²) in [5.74, 6) is 0.697. The summed E-state index contributed by atoms with van der Waals surface area (Å²) in [5, 5.41) is 3.22. The van der Waals surface area contributed by atoms with E-state index in [0.29, 0.717) is 11.8 Å². The molecule has 0 radical (unpaired) electrons. The Kier molecular flexibility index (Phi) is 2.90. The van der Waals surface area contributed by atoms with Crippen LogP contribution in [0.3, 0.4) is 0 Å². The SMILES string of the molecule is Cc1csc(C2CCCN2C(=O)C2CCC2)n1. The van der Waals surface area contributed by atoms with E-state index >= 15 is 0 Å². The zero-order chi connectivity index (χ0) is 11.8. The van der Waals surface area contributed by atoms with Crippen molar-refractivity contribution in [3.63, 3.8) is 0 Å². The van der Waals surface area contributed by atoms with Gasteiger partial charge < -0.3 is 4.90 Å². The Hall–Kier alpha value is -0.900. The molecule has 0 bridgehead atoms. The molecule has 1 aromatic heterocycles. The number of thiazole rings is 1. The molecule has 0 aromatic carbocycles. The Balaban J connectivity index is 1.77. The van der Waals surface area contributed by atoms with Gasteiger partial charge in [0.1, 0.15) is 5.01 Å². The summed E-state index contributed by atoms with van der Waals surface area (Å²) in [6, 6.07) is 0.266. The summed E-state index contributed by atoms with van der Waals surface area (Å²) in [7, 11) is 0. The van der Waals surface area contributed by atoms with Crippen LogP contribution in [0.2, 0.25) is 0 Å². The third-order valence-electron chi connectivity index (χ3n) is 3.91. The third-order valence-corrected chi connectivity index (χ3v) is 4.98. The first-order valence-corrected chi connectivity index (χ1v) is 7.36. The maximum atomic E-state index is 12.3. The molecule has 2 heterocycles. The van der Waals surface area contributed by atoms with Crippen molar-refractivity contribution >= 4 is 17.2 Å². The highest BCUT2D eigenvalue weighted by Crippen LogP contribution is 2.37. The van der Waals surface area contributed by atoms with Gasteiger partial charge in [0.05, 0.1) is 6.04 Å². The van der Waals surface area contributed by atoms with Crippen LogP contribution in [0.1, 0.15) is 48.8 Å². The number of amides is 1. The van der Waals surface area contributed by atoms with Crippen molar-refractivity contribution in [2.24, 2.45) is 5.92 Å². The van der Waals surface area contributed by atoms with Crippen LogP contribution in [0.25, 0.3) is 0 Å². The number of aryl methyl sites for hydroxylation is 1. The number of hydrogen-bond acceptors (Lipinski definition) is 3. The van der Waals surface area contributed by atoms with Crippen molar-refractivity contribution in [2.75, 3.05) is 6.54 Å². The van der Waals surface area contributed by atoms with Crippen molar-refractivity contribution in [1.82, 2.24) is 9.88 Å². The predicted octanol–water partition coefficient (Wildman–Crippen LogP) is 2.92. The van der Waals surface area contributed by atoms with Gasteiger partial charge >= 0.3 is 0 Å². The highest BCUT2D eigenvalue weighted by Gasteiger charge is 2.37. The Morgan fingerprint density at radius 1 is 1.41 bits per heavy atom. The molecule has 0 N–H and O–H groups in total. The van der Waals surface area contributed by atoms with Crippen LogP contribution < -0.4 is 0 Å². The van der Waals surface area contributed by atoms with Gasteiger partial charge in [0.15, 0.2) is 0 Å². The molecule has 3 nitrogen and oxygen atoms in total. The van der Waals surface area contributed by atoms with E-state index in [1.807, 2.05) is 6.92 Å². The summed E-state index contributed by atoms with van der Waals surface area (Å²) in [6.45, 7) is 2.95. The van der Waals surface area contributed by atoms with Crippen LogP contribution >= 0.6 is 11.3 Å². The van der Waals surface area contributed by atoms with E-state index in [4.69, 9.17) is 0 Å². The van der Waals surface area contributed by atoms with Gasteiger partial charge in [-0.05, 0) is 32.6 Å². The van der Waals surface area contributed by atoms with Gasteiger partial charge in [-0.3, -0.25) is 4.79 Å². The van der Waals surface area contributed by atoms with Crippen molar-refractivity contribution < 1.29 is 4.79 Å². The lowest BCUT2D eigenvalue weighted by molar-refractivity contribution is -0.139. The number of aromatic nitrogens is 1. The first-order chi connectivity index (χ1) is 8.25. The number of carbonyl (C=O) groups excluding carboxylic acids is 1. The van der Waals surface area contributed by atoms with Gasteiger partial charge in [-0.1, -0.05) is 6.42 Å². The summed E-state index contributed by atoms with van der Waals surface area (Å²) in [5.41, 5.74) is 1.08. The van der Waals surface area contributed by atoms with Crippen LogP contribution in [0.15, 0.2) is 5.38 Å². The second-order valence-corrected chi connectivity index (χ2v) is 6.03. The fourth-order valence-electron chi connectivity index (χ4n) is 2.70. The second kappa shape index (κ2) is 4.41. The predicted molar refractivity (Wildman–Crippen MR) is 67.9 cm³/mol. The second-order valence-electron chi connectivity index (χ2n) is 5.14. The van der Waals surface area contributed by atoms with E-state index in [9.17, 15) is 4.79 Å². The maximum absolute atomic E-state index is 12.3. The number of carbonyl (C=O) groups is 1. The summed E-state index contributed by atoms with van der Waals surface area (Å²) >= 11 is 1.70. The highest BCUT2D eigenvalue weighted by atomic mass is 32.1. The third kappa shape index (κ3) is 1.99. The van der Waals surface area contributed by atoms with E-state index in [1.54, 1.807) is 11.3 Å². The van der Waals surface area contributed by atoms with Crippen molar-refractivity contribution in [1.29, 1.82) is 0 Å². The molecule has 1 amide bonds. The van der Waals surface area contributed by atoms with Crippen LogP contribution in [0, 0.1) is 12.8 Å². The van der Waals surface area contributed by atoms with Crippen molar-refractivity contribution in [3.8, 4) is 0 Å². The molecule has 0 spiro atoms. The number of likely N-dealkylation sites (tertiary alicyclic amines) is 1. The van der Waals surface area contributed by atoms with Crippen LogP contribution in [0.4, 0.5) is 0 Å². The van der Waals surface area contributed by atoms with Crippen LogP contribution in [-0.4, -0.2) is 22.3 Å². The van der Waals surface area contributed by atoms with Crippen molar-refractivity contribution in [3.05, 3.63) is 16.1 Å². The zero-order valence-corrected chi connectivity index (χ0v) is 11.0. The quantitative estimate of drug-likeness (QED) is 0.808. The van der Waals surface area contributed by atoms with E-state index in [2.05, 4.69) is 15.3 Å². The van der Waals surface area contributed by atoms with Gasteiger partial charge in [-0.25, -0.2) is 4.98 Å². The monoisotopic (exact) mass is 250 g/mol. The Morgan fingerprint density at radius 3 is 2.82 bits per heavy atom. The van der Waals surface area contributed by atoms with Gasteiger partial charge in [0.2, 0.25) is 5.91 Å². The molecule has 1 saturated heterocycles. The van der Waals surface area contributed by atoms with E-state index < -0.39 is 0 Å². The number of nitrogens with zero attached hydrogens (tertiary/aromatic N) is 2. The normalized spacial score (nSPS) is 25.0. The Bertz CT molecular complexity index is 425. The lowest BCUT2D eigenvalue weighted by Gasteiger charge is -2.32. The van der Waals surface area contributed by atoms with E-state index in [1.165, 1.54) is 6.42 Å². The molecule has 1 aliphatic heterocycles. The summed E-state index contributed by atoms with van der Waals surface area (Å²) < 4.78 is 0. The average molecular weight is 250 g/mol. The number of rotatable bonds is 2. The topological polar surface area (TPSA) is 33.2 Å². The molecular formula is C13H18N2OS. The lowest BCUT2D eigenvalue weighted by atomic mass is 9.84. The minimum atomic E-state index is 0.266. The van der Waals surface area contributed by atoms with E-state index in [-0.39, 0.29) is 6.04 Å². The van der Waals surface area contributed by atoms with Crippen LogP contribution in [-0.2, 0) is 4.79 Å². The summed E-state index contributed by atoms with van der Waals surface area (Å²) in [6.07, 6.45) is 5.64. The zero-order valence-electron chi connectivity index (χ0n) is 10.2. The highest BCUT2D eigenvalue weighted by molar-refractivity contribution is 7.09.